The molecule has 7 nitrogen and oxygen atoms in total. The average molecular weight is 359 g/mol. The van der Waals surface area contributed by atoms with Gasteiger partial charge >= 0.3 is 0 Å². The van der Waals surface area contributed by atoms with E-state index in [2.05, 4.69) is 15.8 Å². The number of benzene rings is 2. The van der Waals surface area contributed by atoms with Gasteiger partial charge in [-0.05, 0) is 35.9 Å². The minimum Gasteiger partial charge on any atom is -0.493 e. The van der Waals surface area contributed by atoms with Gasteiger partial charge in [-0.1, -0.05) is 12.1 Å². The Hall–Kier alpha value is -3.42. The van der Waals surface area contributed by atoms with Crippen LogP contribution in [0.2, 0.25) is 0 Å². The van der Waals surface area contributed by atoms with Gasteiger partial charge in [-0.2, -0.15) is 5.10 Å². The summed E-state index contributed by atoms with van der Waals surface area (Å²) in [6, 6.07) is 10.6. The van der Waals surface area contributed by atoms with Crippen LogP contribution in [0.25, 0.3) is 0 Å². The minimum absolute atomic E-state index is 0.130. The summed E-state index contributed by atoms with van der Waals surface area (Å²) < 4.78 is 23.8. The molecule has 136 valence electrons. The molecule has 26 heavy (non-hydrogen) atoms. The summed E-state index contributed by atoms with van der Waals surface area (Å²) in [7, 11) is 3.04. The van der Waals surface area contributed by atoms with Gasteiger partial charge in [0, 0.05) is 0 Å². The molecule has 2 N–H and O–H groups in total. The van der Waals surface area contributed by atoms with Crippen molar-refractivity contribution < 1.29 is 23.5 Å². The summed E-state index contributed by atoms with van der Waals surface area (Å²) >= 11 is 0. The van der Waals surface area contributed by atoms with E-state index in [1.807, 2.05) is 0 Å². The summed E-state index contributed by atoms with van der Waals surface area (Å²) in [6.07, 6.45) is 1.42. The molecule has 0 aliphatic heterocycles. The van der Waals surface area contributed by atoms with E-state index in [1.54, 1.807) is 18.2 Å². The third-order valence-electron chi connectivity index (χ3n) is 3.34. The van der Waals surface area contributed by atoms with Gasteiger partial charge < -0.3 is 14.8 Å². The highest BCUT2D eigenvalue weighted by molar-refractivity contribution is 5.96. The standard InChI is InChI=1S/C18H18FN3O4/c1-25-15-8-7-12(9-16(15)26-2)10-21-22-17(23)11-20-18(24)13-5-3-4-6-14(13)19/h3-10H,11H2,1-2H3,(H,20,24)(H,22,23)/b21-10-. The lowest BCUT2D eigenvalue weighted by Crippen LogP contribution is -2.35. The molecule has 2 aromatic rings. The van der Waals surface area contributed by atoms with Crippen LogP contribution in [0.3, 0.4) is 0 Å². The Kier molecular flexibility index (Phi) is 6.67. The maximum Gasteiger partial charge on any atom is 0.259 e. The zero-order valence-corrected chi connectivity index (χ0v) is 14.3. The number of nitrogens with one attached hydrogen (secondary N) is 2. The van der Waals surface area contributed by atoms with Gasteiger partial charge in [0.25, 0.3) is 11.8 Å². The summed E-state index contributed by atoms with van der Waals surface area (Å²) in [5, 5.41) is 6.11. The molecule has 0 spiro atoms. The molecule has 0 aromatic heterocycles. The summed E-state index contributed by atoms with van der Waals surface area (Å²) in [6.45, 7) is -0.337. The first-order valence-electron chi connectivity index (χ1n) is 7.61. The van der Waals surface area contributed by atoms with Crippen LogP contribution < -0.4 is 20.2 Å². The topological polar surface area (TPSA) is 89.0 Å². The Balaban J connectivity index is 1.86. The Labute approximate surface area is 149 Å². The number of carbonyl (C=O) groups is 2. The van der Waals surface area contributed by atoms with Crippen molar-refractivity contribution in [1.29, 1.82) is 0 Å². The van der Waals surface area contributed by atoms with Crippen molar-refractivity contribution in [3.05, 3.63) is 59.4 Å². The number of ether oxygens (including phenoxy) is 2. The zero-order chi connectivity index (χ0) is 18.9. The fourth-order valence-electron chi connectivity index (χ4n) is 2.05. The van der Waals surface area contributed by atoms with Crippen LogP contribution in [0.5, 0.6) is 11.5 Å². The van der Waals surface area contributed by atoms with Gasteiger partial charge in [0.2, 0.25) is 0 Å². The Bertz CT molecular complexity index is 824. The molecule has 0 saturated carbocycles. The van der Waals surface area contributed by atoms with E-state index >= 15 is 0 Å². The van der Waals surface area contributed by atoms with Crippen molar-refractivity contribution >= 4 is 18.0 Å². The predicted octanol–water partition coefficient (Wildman–Crippen LogP) is 1.72. The maximum absolute atomic E-state index is 13.5. The molecule has 8 heteroatoms. The molecule has 0 bridgehead atoms. The highest BCUT2D eigenvalue weighted by Gasteiger charge is 2.11. The first kappa shape index (κ1) is 18.9. The quantitative estimate of drug-likeness (QED) is 0.582. The second-order valence-corrected chi connectivity index (χ2v) is 5.07. The Morgan fingerprint density at radius 1 is 1.12 bits per heavy atom. The molecule has 0 aliphatic carbocycles. The van der Waals surface area contributed by atoms with Crippen molar-refractivity contribution in [2.45, 2.75) is 0 Å². The molecule has 0 atom stereocenters. The molecule has 2 aromatic carbocycles. The van der Waals surface area contributed by atoms with E-state index in [1.165, 1.54) is 44.7 Å². The van der Waals surface area contributed by atoms with Gasteiger partial charge in [0.05, 0.1) is 32.5 Å². The lowest BCUT2D eigenvalue weighted by atomic mass is 10.2. The first-order chi connectivity index (χ1) is 12.5. The van der Waals surface area contributed by atoms with Gasteiger partial charge in [-0.15, -0.1) is 0 Å². The SMILES string of the molecule is COc1ccc(/C=N\NC(=O)CNC(=O)c2ccccc2F)cc1OC. The summed E-state index contributed by atoms with van der Waals surface area (Å²) in [5.41, 5.74) is 2.82. The highest BCUT2D eigenvalue weighted by Crippen LogP contribution is 2.26. The van der Waals surface area contributed by atoms with Crippen LogP contribution in [-0.2, 0) is 4.79 Å². The number of methoxy groups -OCH3 is 2. The molecular formula is C18H18FN3O4. The Morgan fingerprint density at radius 2 is 1.85 bits per heavy atom. The largest absolute Gasteiger partial charge is 0.493 e. The van der Waals surface area contributed by atoms with Crippen LogP contribution in [-0.4, -0.2) is 38.8 Å². The number of amides is 2. The zero-order valence-electron chi connectivity index (χ0n) is 14.3. The second-order valence-electron chi connectivity index (χ2n) is 5.07. The Morgan fingerprint density at radius 3 is 2.54 bits per heavy atom. The van der Waals surface area contributed by atoms with Crippen molar-refractivity contribution in [3.63, 3.8) is 0 Å². The molecule has 2 amide bonds. The van der Waals surface area contributed by atoms with E-state index in [9.17, 15) is 14.0 Å². The number of halogens is 1. The van der Waals surface area contributed by atoms with E-state index in [4.69, 9.17) is 9.47 Å². The number of hydrogen-bond donors (Lipinski definition) is 2. The smallest absolute Gasteiger partial charge is 0.259 e. The maximum atomic E-state index is 13.5. The van der Waals surface area contributed by atoms with Crippen LogP contribution in [0.15, 0.2) is 47.6 Å². The number of hydrazone groups is 1. The van der Waals surface area contributed by atoms with Crippen LogP contribution in [0, 0.1) is 5.82 Å². The molecule has 0 radical (unpaired) electrons. The van der Waals surface area contributed by atoms with Crippen LogP contribution in [0.1, 0.15) is 15.9 Å². The molecule has 0 saturated heterocycles. The summed E-state index contributed by atoms with van der Waals surface area (Å²) in [4.78, 5) is 23.5. The van der Waals surface area contributed by atoms with E-state index in [0.717, 1.165) is 0 Å². The van der Waals surface area contributed by atoms with E-state index in [-0.39, 0.29) is 12.1 Å². The molecule has 0 fully saturated rings. The molecule has 2 rings (SSSR count). The number of carbonyl (C=O) groups excluding carboxylic acids is 2. The van der Waals surface area contributed by atoms with Crippen molar-refractivity contribution in [2.24, 2.45) is 5.10 Å². The van der Waals surface area contributed by atoms with Crippen LogP contribution in [0.4, 0.5) is 4.39 Å². The molecule has 0 unspecified atom stereocenters. The fraction of sp³-hybridized carbons (Fsp3) is 0.167. The van der Waals surface area contributed by atoms with Gasteiger partial charge in [0.1, 0.15) is 5.82 Å². The first-order valence-corrected chi connectivity index (χ1v) is 7.61. The number of nitrogens with zero attached hydrogens (tertiary/aromatic N) is 1. The van der Waals surface area contributed by atoms with E-state index in [0.29, 0.717) is 17.1 Å². The molecular weight excluding hydrogens is 341 g/mol. The minimum atomic E-state index is -0.679. The van der Waals surface area contributed by atoms with Crippen molar-refractivity contribution in [2.75, 3.05) is 20.8 Å². The van der Waals surface area contributed by atoms with Gasteiger partial charge in [-0.25, -0.2) is 9.82 Å². The fourth-order valence-corrected chi connectivity index (χ4v) is 2.05. The van der Waals surface area contributed by atoms with E-state index < -0.39 is 17.6 Å². The van der Waals surface area contributed by atoms with Crippen LogP contribution >= 0.6 is 0 Å². The average Bonchev–Trinajstić information content (AvgIpc) is 2.66. The second kappa shape index (κ2) is 9.16. The van der Waals surface area contributed by atoms with Crippen molar-refractivity contribution in [1.82, 2.24) is 10.7 Å². The van der Waals surface area contributed by atoms with Crippen molar-refractivity contribution in [3.8, 4) is 11.5 Å². The summed E-state index contributed by atoms with van der Waals surface area (Å²) in [5.74, 6) is -0.783. The normalized spacial score (nSPS) is 10.4. The predicted molar refractivity (Wildman–Crippen MR) is 94.0 cm³/mol. The third-order valence-corrected chi connectivity index (χ3v) is 3.34. The van der Waals surface area contributed by atoms with Gasteiger partial charge in [-0.3, -0.25) is 9.59 Å². The highest BCUT2D eigenvalue weighted by atomic mass is 19.1. The lowest BCUT2D eigenvalue weighted by molar-refractivity contribution is -0.120. The number of rotatable bonds is 7. The number of hydrogen-bond acceptors (Lipinski definition) is 5. The third kappa shape index (κ3) is 5.04. The van der Waals surface area contributed by atoms with Gasteiger partial charge in [0.15, 0.2) is 11.5 Å². The monoisotopic (exact) mass is 359 g/mol. The lowest BCUT2D eigenvalue weighted by Gasteiger charge is -2.07. The molecule has 0 heterocycles. The molecule has 0 aliphatic rings.